The molecule has 7 nitrogen and oxygen atoms in total. The predicted octanol–water partition coefficient (Wildman–Crippen LogP) is 3.40. The summed E-state index contributed by atoms with van der Waals surface area (Å²) in [6, 6.07) is 13.3. The van der Waals surface area contributed by atoms with Gasteiger partial charge in [0.1, 0.15) is 5.75 Å². The van der Waals surface area contributed by atoms with Gasteiger partial charge in [-0.25, -0.2) is 4.68 Å². The molecule has 3 N–H and O–H groups in total. The molecule has 0 saturated heterocycles. The molecule has 0 fully saturated rings. The topological polar surface area (TPSA) is 96.3 Å². The molecule has 3 rings (SSSR count). The van der Waals surface area contributed by atoms with Crippen LogP contribution in [0.3, 0.4) is 0 Å². The van der Waals surface area contributed by atoms with Crippen molar-refractivity contribution in [3.8, 4) is 11.4 Å². The van der Waals surface area contributed by atoms with Crippen LogP contribution in [0, 0.1) is 13.8 Å². The normalized spacial score (nSPS) is 10.6. The molecular formula is C22H23ClN4O3. The van der Waals surface area contributed by atoms with E-state index in [0.717, 1.165) is 17.1 Å². The summed E-state index contributed by atoms with van der Waals surface area (Å²) in [5, 5.41) is 20.0. The standard InChI is InChI=1S/C22H23ClN4O3/c1-14-20(23)15(2)27(26-14)18-9-7-16(8-10-18)21(29)24-11-4-12-25-22(30)17-5-3-6-19(28)13-17/h3,5-10,13,28H,4,11-12H2,1-2H3,(H,24,29)(H,25,30). The third-order valence-electron chi connectivity index (χ3n) is 4.61. The van der Waals surface area contributed by atoms with Crippen LogP contribution in [0.25, 0.3) is 5.69 Å². The van der Waals surface area contributed by atoms with Crippen LogP contribution < -0.4 is 10.6 Å². The summed E-state index contributed by atoms with van der Waals surface area (Å²) in [6.07, 6.45) is 0.582. The van der Waals surface area contributed by atoms with E-state index in [9.17, 15) is 14.7 Å². The summed E-state index contributed by atoms with van der Waals surface area (Å²) in [5.41, 5.74) is 3.36. The Hall–Kier alpha value is -3.32. The molecule has 0 unspecified atom stereocenters. The van der Waals surface area contributed by atoms with Gasteiger partial charge in [-0.05, 0) is 62.7 Å². The van der Waals surface area contributed by atoms with Crippen LogP contribution >= 0.6 is 11.6 Å². The molecule has 3 aromatic rings. The number of halogens is 1. The molecule has 2 aromatic carbocycles. The predicted molar refractivity (Wildman–Crippen MR) is 115 cm³/mol. The molecule has 2 amide bonds. The van der Waals surface area contributed by atoms with Crippen molar-refractivity contribution in [1.29, 1.82) is 0 Å². The molecule has 0 saturated carbocycles. The van der Waals surface area contributed by atoms with Crippen molar-refractivity contribution in [2.45, 2.75) is 20.3 Å². The number of hydrogen-bond acceptors (Lipinski definition) is 4. The Morgan fingerprint density at radius 3 is 2.20 bits per heavy atom. The first-order chi connectivity index (χ1) is 14.4. The van der Waals surface area contributed by atoms with Gasteiger partial charge < -0.3 is 15.7 Å². The van der Waals surface area contributed by atoms with Crippen LogP contribution in [-0.2, 0) is 0 Å². The Kier molecular flexibility index (Phi) is 6.74. The van der Waals surface area contributed by atoms with E-state index in [-0.39, 0.29) is 17.6 Å². The fourth-order valence-electron chi connectivity index (χ4n) is 2.97. The van der Waals surface area contributed by atoms with E-state index in [1.54, 1.807) is 28.9 Å². The fraction of sp³-hybridized carbons (Fsp3) is 0.227. The number of rotatable bonds is 7. The zero-order chi connectivity index (χ0) is 21.7. The minimum absolute atomic E-state index is 0.0434. The number of nitrogens with one attached hydrogen (secondary N) is 2. The van der Waals surface area contributed by atoms with E-state index >= 15 is 0 Å². The Bertz CT molecular complexity index is 1060. The number of carbonyl (C=O) groups excluding carboxylic acids is 2. The van der Waals surface area contributed by atoms with Crippen LogP contribution in [0.2, 0.25) is 5.02 Å². The van der Waals surface area contributed by atoms with Crippen LogP contribution in [0.1, 0.15) is 38.5 Å². The summed E-state index contributed by atoms with van der Waals surface area (Å²) in [5.74, 6) is -0.411. The highest BCUT2D eigenvalue weighted by Gasteiger charge is 2.12. The van der Waals surface area contributed by atoms with Crippen LogP contribution in [0.4, 0.5) is 0 Å². The van der Waals surface area contributed by atoms with E-state index in [2.05, 4.69) is 15.7 Å². The first-order valence-electron chi connectivity index (χ1n) is 9.54. The van der Waals surface area contributed by atoms with Crippen molar-refractivity contribution >= 4 is 23.4 Å². The summed E-state index contributed by atoms with van der Waals surface area (Å²) < 4.78 is 1.74. The number of hydrogen-bond donors (Lipinski definition) is 3. The molecular weight excluding hydrogens is 404 g/mol. The first-order valence-corrected chi connectivity index (χ1v) is 9.92. The maximum Gasteiger partial charge on any atom is 0.251 e. The van der Waals surface area contributed by atoms with Crippen molar-refractivity contribution in [3.05, 3.63) is 76.1 Å². The van der Waals surface area contributed by atoms with Crippen LogP contribution in [-0.4, -0.2) is 39.8 Å². The SMILES string of the molecule is Cc1nn(-c2ccc(C(=O)NCCCNC(=O)c3cccc(O)c3)cc2)c(C)c1Cl. The van der Waals surface area contributed by atoms with Gasteiger partial charge in [0.15, 0.2) is 0 Å². The lowest BCUT2D eigenvalue weighted by molar-refractivity contribution is 0.0951. The maximum absolute atomic E-state index is 12.3. The average Bonchev–Trinajstić information content (AvgIpc) is 3.00. The lowest BCUT2D eigenvalue weighted by Gasteiger charge is -2.08. The molecule has 0 spiro atoms. The minimum atomic E-state index is -0.267. The molecule has 156 valence electrons. The molecule has 1 heterocycles. The molecule has 0 aliphatic rings. The van der Waals surface area contributed by atoms with Crippen molar-refractivity contribution in [2.24, 2.45) is 0 Å². The van der Waals surface area contributed by atoms with E-state index in [1.807, 2.05) is 26.0 Å². The molecule has 1 aromatic heterocycles. The number of benzene rings is 2. The number of phenols is 1. The van der Waals surface area contributed by atoms with E-state index in [1.165, 1.54) is 12.1 Å². The van der Waals surface area contributed by atoms with Gasteiger partial charge in [-0.1, -0.05) is 17.7 Å². The quantitative estimate of drug-likeness (QED) is 0.504. The lowest BCUT2D eigenvalue weighted by Crippen LogP contribution is -2.29. The second kappa shape index (κ2) is 9.45. The fourth-order valence-corrected chi connectivity index (χ4v) is 3.09. The molecule has 0 bridgehead atoms. The highest BCUT2D eigenvalue weighted by molar-refractivity contribution is 6.31. The molecule has 0 radical (unpaired) electrons. The third-order valence-corrected chi connectivity index (χ3v) is 5.16. The number of aryl methyl sites for hydroxylation is 1. The Labute approximate surface area is 179 Å². The number of amides is 2. The Balaban J connectivity index is 1.46. The van der Waals surface area contributed by atoms with Crippen LogP contribution in [0.15, 0.2) is 48.5 Å². The van der Waals surface area contributed by atoms with Gasteiger partial charge in [0.2, 0.25) is 0 Å². The van der Waals surface area contributed by atoms with Crippen LogP contribution in [0.5, 0.6) is 5.75 Å². The van der Waals surface area contributed by atoms with Crippen molar-refractivity contribution in [3.63, 3.8) is 0 Å². The van der Waals surface area contributed by atoms with Crippen molar-refractivity contribution in [1.82, 2.24) is 20.4 Å². The summed E-state index contributed by atoms with van der Waals surface area (Å²) in [4.78, 5) is 24.3. The van der Waals surface area contributed by atoms with E-state index in [4.69, 9.17) is 11.6 Å². The molecule has 0 atom stereocenters. The van der Waals surface area contributed by atoms with Crippen molar-refractivity contribution < 1.29 is 14.7 Å². The second-order valence-corrected chi connectivity index (χ2v) is 7.24. The third kappa shape index (κ3) is 4.99. The van der Waals surface area contributed by atoms with E-state index in [0.29, 0.717) is 35.7 Å². The first kappa shape index (κ1) is 21.4. The summed E-state index contributed by atoms with van der Waals surface area (Å²) in [6.45, 7) is 4.57. The van der Waals surface area contributed by atoms with Gasteiger partial charge >= 0.3 is 0 Å². The average molecular weight is 427 g/mol. The zero-order valence-electron chi connectivity index (χ0n) is 16.8. The highest BCUT2D eigenvalue weighted by Crippen LogP contribution is 2.22. The highest BCUT2D eigenvalue weighted by atomic mass is 35.5. The number of aromatic hydroxyl groups is 1. The van der Waals surface area contributed by atoms with Gasteiger partial charge in [0.25, 0.3) is 11.8 Å². The monoisotopic (exact) mass is 426 g/mol. The van der Waals surface area contributed by atoms with Crippen molar-refractivity contribution in [2.75, 3.05) is 13.1 Å². The Morgan fingerprint density at radius 2 is 1.63 bits per heavy atom. The van der Waals surface area contributed by atoms with Gasteiger partial charge in [-0.15, -0.1) is 0 Å². The lowest BCUT2D eigenvalue weighted by atomic mass is 10.2. The van der Waals surface area contributed by atoms with Gasteiger partial charge in [-0.2, -0.15) is 5.10 Å². The Morgan fingerprint density at radius 1 is 1.00 bits per heavy atom. The molecule has 8 heteroatoms. The molecule has 0 aliphatic heterocycles. The largest absolute Gasteiger partial charge is 0.508 e. The zero-order valence-corrected chi connectivity index (χ0v) is 17.5. The summed E-state index contributed by atoms with van der Waals surface area (Å²) in [7, 11) is 0. The number of nitrogens with zero attached hydrogens (tertiary/aromatic N) is 2. The minimum Gasteiger partial charge on any atom is -0.508 e. The smallest absolute Gasteiger partial charge is 0.251 e. The second-order valence-electron chi connectivity index (χ2n) is 6.86. The molecule has 0 aliphatic carbocycles. The van der Waals surface area contributed by atoms with Gasteiger partial charge in [0, 0.05) is 24.2 Å². The number of carbonyl (C=O) groups is 2. The number of aromatic nitrogens is 2. The number of phenolic OH excluding ortho intramolecular Hbond substituents is 1. The maximum atomic E-state index is 12.3. The van der Waals surface area contributed by atoms with Gasteiger partial charge in [-0.3, -0.25) is 9.59 Å². The molecule has 30 heavy (non-hydrogen) atoms. The van der Waals surface area contributed by atoms with Gasteiger partial charge in [0.05, 0.1) is 22.1 Å². The summed E-state index contributed by atoms with van der Waals surface area (Å²) >= 11 is 6.19. The van der Waals surface area contributed by atoms with E-state index < -0.39 is 0 Å².